The van der Waals surface area contributed by atoms with Crippen LogP contribution in [0, 0.1) is 18.6 Å². The summed E-state index contributed by atoms with van der Waals surface area (Å²) in [5, 5.41) is 10.4. The van der Waals surface area contributed by atoms with Crippen LogP contribution in [0.25, 0.3) is 0 Å². The van der Waals surface area contributed by atoms with Crippen molar-refractivity contribution in [2.45, 2.75) is 13.0 Å². The fourth-order valence-electron chi connectivity index (χ4n) is 1.71. The molecule has 106 valence electrons. The summed E-state index contributed by atoms with van der Waals surface area (Å²) < 4.78 is 32.4. The Balaban J connectivity index is 2.07. The fraction of sp³-hybridized carbons (Fsp3) is 0.200. The summed E-state index contributed by atoms with van der Waals surface area (Å²) in [6.07, 6.45) is -1.25. The van der Waals surface area contributed by atoms with Gasteiger partial charge in [-0.1, -0.05) is 23.7 Å². The summed E-state index contributed by atoms with van der Waals surface area (Å²) in [5.41, 5.74) is 0.0686. The zero-order chi connectivity index (χ0) is 14.7. The van der Waals surface area contributed by atoms with Crippen LogP contribution >= 0.6 is 11.6 Å². The maximum Gasteiger partial charge on any atom is 0.165 e. The molecule has 0 aliphatic heterocycles. The van der Waals surface area contributed by atoms with Gasteiger partial charge in [0.25, 0.3) is 0 Å². The van der Waals surface area contributed by atoms with E-state index in [4.69, 9.17) is 16.3 Å². The normalized spacial score (nSPS) is 12.2. The molecule has 2 nitrogen and oxygen atoms in total. The Labute approximate surface area is 120 Å². The van der Waals surface area contributed by atoms with E-state index in [-0.39, 0.29) is 17.7 Å². The second kappa shape index (κ2) is 6.20. The highest BCUT2D eigenvalue weighted by Crippen LogP contribution is 2.23. The molecule has 0 fully saturated rings. The van der Waals surface area contributed by atoms with Gasteiger partial charge in [-0.2, -0.15) is 0 Å². The minimum Gasteiger partial charge on any atom is -0.491 e. The summed E-state index contributed by atoms with van der Waals surface area (Å²) >= 11 is 5.73. The van der Waals surface area contributed by atoms with Crippen molar-refractivity contribution in [1.82, 2.24) is 0 Å². The molecule has 1 atom stereocenters. The first-order valence-electron chi connectivity index (χ1n) is 6.00. The van der Waals surface area contributed by atoms with Crippen LogP contribution in [0.4, 0.5) is 8.78 Å². The van der Waals surface area contributed by atoms with E-state index in [2.05, 4.69) is 0 Å². The zero-order valence-electron chi connectivity index (χ0n) is 10.7. The zero-order valence-corrected chi connectivity index (χ0v) is 11.5. The van der Waals surface area contributed by atoms with Crippen LogP contribution < -0.4 is 4.74 Å². The van der Waals surface area contributed by atoms with Crippen molar-refractivity contribution in [3.63, 3.8) is 0 Å². The van der Waals surface area contributed by atoms with E-state index in [1.807, 2.05) is 0 Å². The van der Waals surface area contributed by atoms with Gasteiger partial charge in [-0.05, 0) is 36.8 Å². The summed E-state index contributed by atoms with van der Waals surface area (Å²) in [6, 6.07) is 9.29. The molecule has 0 saturated heterocycles. The summed E-state index contributed by atoms with van der Waals surface area (Å²) in [4.78, 5) is 0. The van der Waals surface area contributed by atoms with Crippen molar-refractivity contribution in [3.05, 3.63) is 64.2 Å². The van der Waals surface area contributed by atoms with E-state index in [9.17, 15) is 13.9 Å². The van der Waals surface area contributed by atoms with Gasteiger partial charge in [0.05, 0.1) is 0 Å². The van der Waals surface area contributed by atoms with Crippen molar-refractivity contribution in [1.29, 1.82) is 0 Å². The van der Waals surface area contributed by atoms with Gasteiger partial charge in [0.15, 0.2) is 11.6 Å². The summed E-state index contributed by atoms with van der Waals surface area (Å²) in [7, 11) is 0. The van der Waals surface area contributed by atoms with Gasteiger partial charge >= 0.3 is 0 Å². The third kappa shape index (κ3) is 3.26. The van der Waals surface area contributed by atoms with Crippen molar-refractivity contribution in [2.24, 2.45) is 0 Å². The Bertz CT molecular complexity index is 600. The minimum atomic E-state index is -1.25. The number of halogens is 3. The van der Waals surface area contributed by atoms with Gasteiger partial charge in [-0.25, -0.2) is 8.78 Å². The van der Waals surface area contributed by atoms with Gasteiger partial charge in [-0.15, -0.1) is 0 Å². The lowest BCUT2D eigenvalue weighted by Crippen LogP contribution is -2.12. The average Bonchev–Trinajstić information content (AvgIpc) is 2.44. The van der Waals surface area contributed by atoms with Crippen molar-refractivity contribution < 1.29 is 18.6 Å². The van der Waals surface area contributed by atoms with Gasteiger partial charge in [0.1, 0.15) is 18.5 Å². The minimum absolute atomic E-state index is 0.123. The molecule has 0 saturated carbocycles. The number of hydrogen-bond acceptors (Lipinski definition) is 2. The number of hydrogen-bond donors (Lipinski definition) is 1. The molecule has 1 N–H and O–H groups in total. The van der Waals surface area contributed by atoms with E-state index in [0.717, 1.165) is 0 Å². The lowest BCUT2D eigenvalue weighted by molar-refractivity contribution is 0.104. The third-order valence-electron chi connectivity index (χ3n) is 2.89. The summed E-state index contributed by atoms with van der Waals surface area (Å²) in [6.45, 7) is 1.28. The molecule has 0 aromatic heterocycles. The van der Waals surface area contributed by atoms with Crippen molar-refractivity contribution >= 4 is 11.6 Å². The molecule has 20 heavy (non-hydrogen) atoms. The van der Waals surface area contributed by atoms with Gasteiger partial charge < -0.3 is 9.84 Å². The SMILES string of the molecule is Cc1ccc(C(O)COc2ccc(Cl)cc2)c(F)c1F. The molecular weight excluding hydrogens is 286 g/mol. The van der Waals surface area contributed by atoms with Crippen LogP contribution in [-0.2, 0) is 0 Å². The van der Waals surface area contributed by atoms with E-state index in [1.54, 1.807) is 24.3 Å². The third-order valence-corrected chi connectivity index (χ3v) is 3.14. The maximum atomic E-state index is 13.7. The van der Waals surface area contributed by atoms with Crippen LogP contribution in [0.5, 0.6) is 5.75 Å². The van der Waals surface area contributed by atoms with E-state index >= 15 is 0 Å². The monoisotopic (exact) mass is 298 g/mol. The highest BCUT2D eigenvalue weighted by Gasteiger charge is 2.18. The second-order valence-corrected chi connectivity index (χ2v) is 4.82. The smallest absolute Gasteiger partial charge is 0.165 e. The number of rotatable bonds is 4. The Kier molecular flexibility index (Phi) is 4.57. The lowest BCUT2D eigenvalue weighted by Gasteiger charge is -2.14. The van der Waals surface area contributed by atoms with Crippen LogP contribution in [-0.4, -0.2) is 11.7 Å². The first-order valence-corrected chi connectivity index (χ1v) is 6.37. The lowest BCUT2D eigenvalue weighted by atomic mass is 10.1. The predicted molar refractivity (Wildman–Crippen MR) is 73.0 cm³/mol. The van der Waals surface area contributed by atoms with Gasteiger partial charge in [0.2, 0.25) is 0 Å². The van der Waals surface area contributed by atoms with Crippen LogP contribution in [0.2, 0.25) is 5.02 Å². The number of ether oxygens (including phenoxy) is 1. The molecule has 2 rings (SSSR count). The van der Waals surface area contributed by atoms with Gasteiger partial charge in [0, 0.05) is 10.6 Å². The fourth-order valence-corrected chi connectivity index (χ4v) is 1.84. The number of benzene rings is 2. The first kappa shape index (κ1) is 14.8. The molecule has 0 bridgehead atoms. The largest absolute Gasteiger partial charge is 0.491 e. The highest BCUT2D eigenvalue weighted by atomic mass is 35.5. The van der Waals surface area contributed by atoms with E-state index in [0.29, 0.717) is 10.8 Å². The average molecular weight is 299 g/mol. The Morgan fingerprint density at radius 2 is 1.75 bits per heavy atom. The Morgan fingerprint density at radius 3 is 2.40 bits per heavy atom. The van der Waals surface area contributed by atoms with E-state index in [1.165, 1.54) is 19.1 Å². The number of aliphatic hydroxyl groups excluding tert-OH is 1. The molecule has 0 spiro atoms. The highest BCUT2D eigenvalue weighted by molar-refractivity contribution is 6.30. The van der Waals surface area contributed by atoms with Crippen molar-refractivity contribution in [2.75, 3.05) is 6.61 Å². The van der Waals surface area contributed by atoms with Crippen LogP contribution in [0.15, 0.2) is 36.4 Å². The van der Waals surface area contributed by atoms with E-state index < -0.39 is 17.7 Å². The first-order chi connectivity index (χ1) is 9.49. The molecule has 0 aliphatic rings. The Morgan fingerprint density at radius 1 is 1.10 bits per heavy atom. The number of aliphatic hydroxyl groups is 1. The quantitative estimate of drug-likeness (QED) is 0.923. The number of aryl methyl sites for hydroxylation is 1. The van der Waals surface area contributed by atoms with Crippen LogP contribution in [0.1, 0.15) is 17.2 Å². The Hall–Kier alpha value is -1.65. The molecule has 5 heteroatoms. The molecule has 0 amide bonds. The summed E-state index contributed by atoms with van der Waals surface area (Å²) in [5.74, 6) is -1.51. The topological polar surface area (TPSA) is 29.5 Å². The standard InChI is InChI=1S/C15H13ClF2O2/c1-9-2-7-12(15(18)14(9)17)13(19)8-20-11-5-3-10(16)4-6-11/h2-7,13,19H,8H2,1H3. The molecule has 2 aromatic carbocycles. The molecule has 2 aromatic rings. The van der Waals surface area contributed by atoms with Crippen molar-refractivity contribution in [3.8, 4) is 5.75 Å². The molecule has 1 unspecified atom stereocenters. The molecule has 0 heterocycles. The van der Waals surface area contributed by atoms with Gasteiger partial charge in [-0.3, -0.25) is 0 Å². The predicted octanol–water partition coefficient (Wildman–Crippen LogP) is 4.04. The molecule has 0 radical (unpaired) electrons. The second-order valence-electron chi connectivity index (χ2n) is 4.38. The molecular formula is C15H13ClF2O2. The maximum absolute atomic E-state index is 13.7. The van der Waals surface area contributed by atoms with Crippen LogP contribution in [0.3, 0.4) is 0 Å². The molecule has 0 aliphatic carbocycles.